The van der Waals surface area contributed by atoms with Gasteiger partial charge in [-0.05, 0) is 50.6 Å². The summed E-state index contributed by atoms with van der Waals surface area (Å²) in [7, 11) is 0. The molecule has 0 radical (unpaired) electrons. The Labute approximate surface area is 94.2 Å². The van der Waals surface area contributed by atoms with Crippen LogP contribution in [0.4, 0.5) is 0 Å². The van der Waals surface area contributed by atoms with Crippen molar-refractivity contribution >= 4 is 0 Å². The summed E-state index contributed by atoms with van der Waals surface area (Å²) < 4.78 is 0. The summed E-state index contributed by atoms with van der Waals surface area (Å²) in [5.41, 5.74) is 6.20. The molecule has 1 aliphatic heterocycles. The Kier molecular flexibility index (Phi) is 4.04. The van der Waals surface area contributed by atoms with E-state index in [0.29, 0.717) is 6.04 Å². The van der Waals surface area contributed by atoms with E-state index in [2.05, 4.69) is 11.8 Å². The highest BCUT2D eigenvalue weighted by Crippen LogP contribution is 2.25. The lowest BCUT2D eigenvalue weighted by Crippen LogP contribution is -2.43. The maximum absolute atomic E-state index is 6.20. The van der Waals surface area contributed by atoms with E-state index in [0.717, 1.165) is 11.8 Å². The maximum Gasteiger partial charge on any atom is 0.00793 e. The van der Waals surface area contributed by atoms with Crippen molar-refractivity contribution in [3.8, 4) is 0 Å². The molecule has 0 aromatic rings. The number of hydrogen-bond donors (Lipinski definition) is 1. The predicted octanol–water partition coefficient (Wildman–Crippen LogP) is 2.24. The fourth-order valence-electron chi connectivity index (χ4n) is 3.04. The monoisotopic (exact) mass is 210 g/mol. The van der Waals surface area contributed by atoms with E-state index < -0.39 is 0 Å². The van der Waals surface area contributed by atoms with Gasteiger partial charge >= 0.3 is 0 Å². The van der Waals surface area contributed by atoms with Gasteiger partial charge in [0.15, 0.2) is 0 Å². The highest BCUT2D eigenvalue weighted by atomic mass is 15.1. The van der Waals surface area contributed by atoms with Crippen LogP contribution in [0, 0.1) is 11.8 Å². The van der Waals surface area contributed by atoms with Crippen LogP contribution in [0.1, 0.15) is 45.4 Å². The average molecular weight is 210 g/mol. The summed E-state index contributed by atoms with van der Waals surface area (Å²) in [6.45, 7) is 6.27. The molecule has 0 aromatic carbocycles. The molecule has 2 rings (SSSR count). The number of hydrogen-bond acceptors (Lipinski definition) is 2. The van der Waals surface area contributed by atoms with Crippen LogP contribution in [0.5, 0.6) is 0 Å². The molecule has 1 heterocycles. The van der Waals surface area contributed by atoms with Crippen LogP contribution in [0.15, 0.2) is 0 Å². The molecule has 2 fully saturated rings. The normalized spacial score (nSPS) is 35.6. The number of nitrogens with two attached hydrogens (primary N) is 1. The van der Waals surface area contributed by atoms with Gasteiger partial charge in [-0.3, -0.25) is 0 Å². The van der Waals surface area contributed by atoms with Gasteiger partial charge < -0.3 is 10.6 Å². The van der Waals surface area contributed by atoms with Gasteiger partial charge in [-0.15, -0.1) is 0 Å². The van der Waals surface area contributed by atoms with E-state index in [1.165, 1.54) is 58.2 Å². The SMILES string of the molecule is CC1CCN(C[C@@H]2CCCC[C@H]2N)CC1. The third kappa shape index (κ3) is 3.18. The third-order valence-corrected chi connectivity index (χ3v) is 4.34. The molecule has 2 atom stereocenters. The van der Waals surface area contributed by atoms with Gasteiger partial charge in [0.2, 0.25) is 0 Å². The summed E-state index contributed by atoms with van der Waals surface area (Å²) in [6.07, 6.45) is 8.17. The van der Waals surface area contributed by atoms with E-state index in [-0.39, 0.29) is 0 Å². The number of nitrogens with zero attached hydrogens (tertiary/aromatic N) is 1. The lowest BCUT2D eigenvalue weighted by molar-refractivity contribution is 0.141. The van der Waals surface area contributed by atoms with Crippen LogP contribution in [0.2, 0.25) is 0 Å². The van der Waals surface area contributed by atoms with Crippen molar-refractivity contribution in [2.45, 2.75) is 51.5 Å². The van der Waals surface area contributed by atoms with Gasteiger partial charge in [-0.1, -0.05) is 19.8 Å². The zero-order chi connectivity index (χ0) is 10.7. The molecule has 2 N–H and O–H groups in total. The van der Waals surface area contributed by atoms with Crippen molar-refractivity contribution in [2.24, 2.45) is 17.6 Å². The molecular formula is C13H26N2. The number of likely N-dealkylation sites (tertiary alicyclic amines) is 1. The fraction of sp³-hybridized carbons (Fsp3) is 1.00. The molecule has 1 saturated carbocycles. The second kappa shape index (κ2) is 5.31. The minimum atomic E-state index is 0.484. The van der Waals surface area contributed by atoms with Crippen LogP contribution < -0.4 is 5.73 Å². The van der Waals surface area contributed by atoms with Gasteiger partial charge in [0.1, 0.15) is 0 Å². The largest absolute Gasteiger partial charge is 0.327 e. The second-order valence-corrected chi connectivity index (χ2v) is 5.69. The minimum Gasteiger partial charge on any atom is -0.327 e. The van der Waals surface area contributed by atoms with E-state index in [9.17, 15) is 0 Å². The predicted molar refractivity (Wildman–Crippen MR) is 64.8 cm³/mol. The van der Waals surface area contributed by atoms with Crippen LogP contribution in [0.25, 0.3) is 0 Å². The molecule has 2 nitrogen and oxygen atoms in total. The molecule has 2 aliphatic rings. The highest BCUT2D eigenvalue weighted by Gasteiger charge is 2.25. The first-order chi connectivity index (χ1) is 7.25. The summed E-state index contributed by atoms with van der Waals surface area (Å²) in [6, 6.07) is 0.484. The first kappa shape index (κ1) is 11.4. The van der Waals surface area contributed by atoms with Crippen molar-refractivity contribution < 1.29 is 0 Å². The number of piperidine rings is 1. The topological polar surface area (TPSA) is 29.3 Å². The molecule has 0 amide bonds. The molecule has 1 saturated heterocycles. The molecule has 0 aromatic heterocycles. The van der Waals surface area contributed by atoms with E-state index >= 15 is 0 Å². The number of rotatable bonds is 2. The van der Waals surface area contributed by atoms with Crippen LogP contribution in [-0.4, -0.2) is 30.6 Å². The molecule has 0 spiro atoms. The lowest BCUT2D eigenvalue weighted by Gasteiger charge is -2.36. The van der Waals surface area contributed by atoms with Crippen molar-refractivity contribution in [1.82, 2.24) is 4.90 Å². The Morgan fingerprint density at radius 3 is 2.40 bits per heavy atom. The standard InChI is InChI=1S/C13H26N2/c1-11-6-8-15(9-7-11)10-12-4-2-3-5-13(12)14/h11-13H,2-10,14H2,1H3/t12-,13+/m0/s1. The Morgan fingerprint density at radius 1 is 1.07 bits per heavy atom. The van der Waals surface area contributed by atoms with Crippen LogP contribution >= 0.6 is 0 Å². The zero-order valence-corrected chi connectivity index (χ0v) is 10.1. The Hall–Kier alpha value is -0.0800. The third-order valence-electron chi connectivity index (χ3n) is 4.34. The first-order valence-electron chi connectivity index (χ1n) is 6.73. The van der Waals surface area contributed by atoms with E-state index in [1.54, 1.807) is 0 Å². The molecule has 0 bridgehead atoms. The molecule has 15 heavy (non-hydrogen) atoms. The Bertz CT molecular complexity index is 185. The van der Waals surface area contributed by atoms with Crippen molar-refractivity contribution in [1.29, 1.82) is 0 Å². The van der Waals surface area contributed by atoms with E-state index in [4.69, 9.17) is 5.73 Å². The van der Waals surface area contributed by atoms with Crippen molar-refractivity contribution in [3.63, 3.8) is 0 Å². The Morgan fingerprint density at radius 2 is 1.73 bits per heavy atom. The second-order valence-electron chi connectivity index (χ2n) is 5.69. The summed E-state index contributed by atoms with van der Waals surface area (Å²) >= 11 is 0. The van der Waals surface area contributed by atoms with Gasteiger partial charge in [0, 0.05) is 12.6 Å². The van der Waals surface area contributed by atoms with Crippen molar-refractivity contribution in [3.05, 3.63) is 0 Å². The summed E-state index contributed by atoms with van der Waals surface area (Å²) in [4.78, 5) is 2.65. The summed E-state index contributed by atoms with van der Waals surface area (Å²) in [5, 5.41) is 0. The van der Waals surface area contributed by atoms with Gasteiger partial charge in [-0.2, -0.15) is 0 Å². The van der Waals surface area contributed by atoms with Gasteiger partial charge in [-0.25, -0.2) is 0 Å². The lowest BCUT2D eigenvalue weighted by atomic mass is 9.84. The molecule has 1 aliphatic carbocycles. The Balaban J connectivity index is 1.75. The van der Waals surface area contributed by atoms with Crippen LogP contribution in [0.3, 0.4) is 0 Å². The fourth-order valence-corrected chi connectivity index (χ4v) is 3.04. The summed E-state index contributed by atoms with van der Waals surface area (Å²) in [5.74, 6) is 1.73. The molecule has 2 heteroatoms. The van der Waals surface area contributed by atoms with E-state index in [1.807, 2.05) is 0 Å². The van der Waals surface area contributed by atoms with Crippen molar-refractivity contribution in [2.75, 3.05) is 19.6 Å². The maximum atomic E-state index is 6.20. The molecule has 0 unspecified atom stereocenters. The van der Waals surface area contributed by atoms with Gasteiger partial charge in [0.05, 0.1) is 0 Å². The van der Waals surface area contributed by atoms with Crippen LogP contribution in [-0.2, 0) is 0 Å². The first-order valence-corrected chi connectivity index (χ1v) is 6.73. The molecular weight excluding hydrogens is 184 g/mol. The molecule has 88 valence electrons. The smallest absolute Gasteiger partial charge is 0.00793 e. The quantitative estimate of drug-likeness (QED) is 0.757. The highest BCUT2D eigenvalue weighted by molar-refractivity contribution is 4.82. The van der Waals surface area contributed by atoms with Gasteiger partial charge in [0.25, 0.3) is 0 Å². The minimum absolute atomic E-state index is 0.484. The average Bonchev–Trinajstić information content (AvgIpc) is 2.25. The zero-order valence-electron chi connectivity index (χ0n) is 10.1.